The van der Waals surface area contributed by atoms with Crippen LogP contribution >= 0.6 is 48.8 Å². The number of nitriles is 2. The van der Waals surface area contributed by atoms with E-state index in [1.165, 1.54) is 101 Å². The summed E-state index contributed by atoms with van der Waals surface area (Å²) in [5, 5.41) is 27.9. The van der Waals surface area contributed by atoms with Crippen molar-refractivity contribution in [3.63, 3.8) is 0 Å². The highest BCUT2D eigenvalue weighted by Gasteiger charge is 2.29. The molecule has 0 spiro atoms. The fourth-order valence-corrected chi connectivity index (χ4v) is 6.33. The molecule has 2 unspecified atom stereocenters. The smallest absolute Gasteiger partial charge is 0.189 e. The summed E-state index contributed by atoms with van der Waals surface area (Å²) in [5.74, 6) is 3.55. The van der Waals surface area contributed by atoms with Crippen molar-refractivity contribution in [3.8, 4) is 12.1 Å². The Bertz CT molecular complexity index is 764. The normalized spacial score (nSPS) is 14.2. The predicted octanol–water partition coefficient (Wildman–Crippen LogP) is 10.2. The number of carbonyl (C=O) groups is 2. The van der Waals surface area contributed by atoms with Gasteiger partial charge in [0.2, 0.25) is 0 Å². The van der Waals surface area contributed by atoms with E-state index in [-0.39, 0.29) is 35.9 Å². The van der Waals surface area contributed by atoms with Crippen LogP contribution in [0.1, 0.15) is 142 Å². The van der Waals surface area contributed by atoms with Gasteiger partial charge in [0.1, 0.15) is 0 Å². The Hall–Kier alpha value is -0.680. The molecule has 0 bridgehead atoms. The topological polar surface area (TPSA) is 106 Å². The largest absolute Gasteiger partial charge is 0.287 e. The van der Waals surface area contributed by atoms with Crippen LogP contribution in [0.3, 0.4) is 0 Å². The molecule has 0 saturated heterocycles. The van der Waals surface area contributed by atoms with Crippen LogP contribution in [-0.4, -0.2) is 44.3 Å². The third kappa shape index (κ3) is 24.7. The zero-order valence-electron chi connectivity index (χ0n) is 26.3. The number of carbonyl (C=O) groups excluding carboxylic acids is 2. The number of hydrogen-bond donors (Lipinski definition) is 2. The summed E-state index contributed by atoms with van der Waals surface area (Å²) in [6.07, 6.45) is 20.3. The van der Waals surface area contributed by atoms with Crippen molar-refractivity contribution in [3.05, 3.63) is 0 Å². The first-order valence-electron chi connectivity index (χ1n) is 16.0. The molecular weight excluding hydrogens is 601 g/mol. The highest BCUT2D eigenvalue weighted by atomic mass is 32.2. The second-order valence-corrected chi connectivity index (χ2v) is 14.7. The Balaban J connectivity index is 4.22. The van der Waals surface area contributed by atoms with Crippen LogP contribution in [0.4, 0.5) is 0 Å². The van der Waals surface area contributed by atoms with Crippen molar-refractivity contribution >= 4 is 59.0 Å². The molecule has 0 rings (SSSR count). The van der Waals surface area contributed by atoms with Gasteiger partial charge in [-0.05, 0) is 63.9 Å². The lowest BCUT2D eigenvalue weighted by atomic mass is 9.98. The van der Waals surface area contributed by atoms with Crippen LogP contribution in [0.15, 0.2) is 10.2 Å². The number of rotatable bonds is 28. The van der Waals surface area contributed by atoms with E-state index in [9.17, 15) is 20.1 Å². The summed E-state index contributed by atoms with van der Waals surface area (Å²) in [5.41, 5.74) is -2.35. The Kier molecular flexibility index (Phi) is 27.4. The number of nitrogens with zero attached hydrogens (tertiary/aromatic N) is 4. The van der Waals surface area contributed by atoms with E-state index in [1.807, 2.05) is 0 Å². The summed E-state index contributed by atoms with van der Waals surface area (Å²) in [4.78, 5) is 24.7. The molecule has 0 saturated carbocycles. The molecular formula is C32H56N4O2S4. The van der Waals surface area contributed by atoms with Crippen LogP contribution in [0.5, 0.6) is 0 Å². The van der Waals surface area contributed by atoms with Gasteiger partial charge in [-0.15, -0.1) is 0 Å². The van der Waals surface area contributed by atoms with Gasteiger partial charge < -0.3 is 0 Å². The Labute approximate surface area is 276 Å². The van der Waals surface area contributed by atoms with E-state index in [2.05, 4.69) is 47.6 Å². The lowest BCUT2D eigenvalue weighted by molar-refractivity contribution is -0.112. The molecule has 0 aliphatic carbocycles. The Morgan fingerprint density at radius 1 is 0.571 bits per heavy atom. The standard InChI is InChI=1S/C32H56N4O2S4/c1-31(27-33,21-19-29(37)41-25-17-13-9-5-3-7-11-15-23-39)35-36-32(2,28-34)22-20-30(38)42-26-18-14-10-6-4-8-12-16-24-40/h39-40H,3-26H2,1-2H3/b36-35+. The minimum Gasteiger partial charge on any atom is -0.287 e. The second-order valence-electron chi connectivity index (χ2n) is 11.5. The molecule has 6 nitrogen and oxygen atoms in total. The minimum atomic E-state index is -1.17. The Morgan fingerprint density at radius 2 is 0.857 bits per heavy atom. The van der Waals surface area contributed by atoms with Crippen molar-refractivity contribution in [2.45, 2.75) is 153 Å². The van der Waals surface area contributed by atoms with Crippen molar-refractivity contribution in [1.29, 1.82) is 10.5 Å². The summed E-state index contributed by atoms with van der Waals surface area (Å²) in [6.45, 7) is 3.29. The van der Waals surface area contributed by atoms with Gasteiger partial charge in [-0.25, -0.2) is 0 Å². The van der Waals surface area contributed by atoms with Crippen molar-refractivity contribution in [1.82, 2.24) is 0 Å². The van der Waals surface area contributed by atoms with Gasteiger partial charge in [0.05, 0.1) is 12.1 Å². The first-order chi connectivity index (χ1) is 20.2. The Morgan fingerprint density at radius 3 is 1.14 bits per heavy atom. The van der Waals surface area contributed by atoms with Crippen molar-refractivity contribution in [2.75, 3.05) is 23.0 Å². The van der Waals surface area contributed by atoms with E-state index >= 15 is 0 Å². The fraction of sp³-hybridized carbons (Fsp3) is 0.875. The monoisotopic (exact) mass is 656 g/mol. The molecule has 0 aliphatic heterocycles. The van der Waals surface area contributed by atoms with Gasteiger partial charge in [0.15, 0.2) is 21.3 Å². The van der Waals surface area contributed by atoms with E-state index in [4.69, 9.17) is 0 Å². The molecule has 0 aromatic rings. The van der Waals surface area contributed by atoms with Crippen molar-refractivity contribution < 1.29 is 9.59 Å². The highest BCUT2D eigenvalue weighted by Crippen LogP contribution is 2.26. The number of thioether (sulfide) groups is 2. The average molecular weight is 657 g/mol. The average Bonchev–Trinajstić information content (AvgIpc) is 3.00. The van der Waals surface area contributed by atoms with Crippen LogP contribution in [0.2, 0.25) is 0 Å². The summed E-state index contributed by atoms with van der Waals surface area (Å²) < 4.78 is 0. The van der Waals surface area contributed by atoms with Gasteiger partial charge in [-0.2, -0.15) is 46.0 Å². The lowest BCUT2D eigenvalue weighted by Gasteiger charge is -2.19. The first kappa shape index (κ1) is 41.3. The fourth-order valence-electron chi connectivity index (χ4n) is 4.23. The molecule has 0 aliphatic rings. The van der Waals surface area contributed by atoms with Crippen LogP contribution in [-0.2, 0) is 9.59 Å². The SMILES string of the molecule is CC(C#N)(CCC(=O)SCCCCCCCCCCS)/N=N/C(C)(C#N)CCC(=O)SCCCCCCCCCCS. The second kappa shape index (κ2) is 27.8. The van der Waals surface area contributed by atoms with Gasteiger partial charge in [-0.3, -0.25) is 9.59 Å². The molecule has 0 aromatic carbocycles. The van der Waals surface area contributed by atoms with E-state index in [1.54, 1.807) is 13.8 Å². The van der Waals surface area contributed by atoms with Gasteiger partial charge in [0, 0.05) is 24.3 Å². The summed E-state index contributed by atoms with van der Waals surface area (Å²) in [7, 11) is 0. The quantitative estimate of drug-likeness (QED) is 0.0493. The molecule has 42 heavy (non-hydrogen) atoms. The molecule has 0 amide bonds. The number of azo groups is 1. The minimum absolute atomic E-state index is 0.0633. The number of unbranched alkanes of at least 4 members (excludes halogenated alkanes) is 14. The molecule has 0 N–H and O–H groups in total. The lowest BCUT2D eigenvalue weighted by Crippen LogP contribution is -2.24. The molecule has 0 aromatic heterocycles. The summed E-state index contributed by atoms with van der Waals surface area (Å²) >= 11 is 11.1. The van der Waals surface area contributed by atoms with E-state index < -0.39 is 11.1 Å². The molecule has 0 fully saturated rings. The number of thiol groups is 2. The van der Waals surface area contributed by atoms with Gasteiger partial charge in [-0.1, -0.05) is 101 Å². The maximum atomic E-state index is 12.4. The molecule has 0 radical (unpaired) electrons. The van der Waals surface area contributed by atoms with Crippen LogP contribution in [0.25, 0.3) is 0 Å². The van der Waals surface area contributed by atoms with Gasteiger partial charge in [0.25, 0.3) is 0 Å². The molecule has 0 heterocycles. The number of hydrogen-bond acceptors (Lipinski definition) is 10. The van der Waals surface area contributed by atoms with Crippen LogP contribution in [0, 0.1) is 22.7 Å². The van der Waals surface area contributed by atoms with E-state index in [0.717, 1.165) is 48.7 Å². The van der Waals surface area contributed by atoms with Crippen molar-refractivity contribution in [2.24, 2.45) is 10.2 Å². The summed E-state index contributed by atoms with van der Waals surface area (Å²) in [6, 6.07) is 4.31. The maximum absolute atomic E-state index is 12.4. The molecule has 10 heteroatoms. The predicted molar refractivity (Wildman–Crippen MR) is 188 cm³/mol. The highest BCUT2D eigenvalue weighted by molar-refractivity contribution is 8.13. The zero-order valence-corrected chi connectivity index (χ0v) is 29.7. The molecule has 2 atom stereocenters. The molecule has 240 valence electrons. The van der Waals surface area contributed by atoms with Gasteiger partial charge >= 0.3 is 0 Å². The van der Waals surface area contributed by atoms with Crippen LogP contribution < -0.4 is 0 Å². The third-order valence-corrected chi connectivity index (χ3v) is 9.91. The zero-order chi connectivity index (χ0) is 31.4. The first-order valence-corrected chi connectivity index (χ1v) is 19.3. The maximum Gasteiger partial charge on any atom is 0.189 e. The van der Waals surface area contributed by atoms with E-state index in [0.29, 0.717) is 0 Å². The third-order valence-electron chi connectivity index (χ3n) is 7.24.